The summed E-state index contributed by atoms with van der Waals surface area (Å²) in [7, 11) is 0. The number of aromatic nitrogens is 4. The molecule has 1 aliphatic rings. The summed E-state index contributed by atoms with van der Waals surface area (Å²) in [5.74, 6) is 1.58. The lowest BCUT2D eigenvalue weighted by Crippen LogP contribution is -2.35. The summed E-state index contributed by atoms with van der Waals surface area (Å²) in [4.78, 5) is 27.8. The quantitative estimate of drug-likeness (QED) is 0.446. The first-order valence-electron chi connectivity index (χ1n) is 11.3. The van der Waals surface area contributed by atoms with Crippen molar-refractivity contribution in [2.75, 3.05) is 6.54 Å². The van der Waals surface area contributed by atoms with Gasteiger partial charge >= 0.3 is 0 Å². The Hall–Kier alpha value is -3.00. The van der Waals surface area contributed by atoms with Crippen LogP contribution in [0.3, 0.4) is 0 Å². The molecular formula is C24H27N5O2S. The number of carbonyl (C=O) groups excluding carboxylic acids is 1. The number of aryl methyl sites for hydroxylation is 1. The van der Waals surface area contributed by atoms with Crippen molar-refractivity contribution in [1.29, 1.82) is 0 Å². The average molecular weight is 450 g/mol. The Labute approximate surface area is 190 Å². The van der Waals surface area contributed by atoms with Crippen LogP contribution in [0.15, 0.2) is 40.5 Å². The molecule has 0 aliphatic carbocycles. The van der Waals surface area contributed by atoms with Crippen molar-refractivity contribution in [1.82, 2.24) is 24.1 Å². The molecule has 1 atom stereocenters. The van der Waals surface area contributed by atoms with Gasteiger partial charge in [-0.2, -0.15) is 0 Å². The molecule has 32 heavy (non-hydrogen) atoms. The number of nitrogens with zero attached hydrogens (tertiary/aromatic N) is 5. The number of carbonyl (C=O) groups is 1. The smallest absolute Gasteiger partial charge is 0.273 e. The van der Waals surface area contributed by atoms with Crippen molar-refractivity contribution < 1.29 is 4.79 Å². The van der Waals surface area contributed by atoms with Gasteiger partial charge in [-0.3, -0.25) is 18.6 Å². The molecule has 0 radical (unpaired) electrons. The monoisotopic (exact) mass is 449 g/mol. The van der Waals surface area contributed by atoms with Gasteiger partial charge in [0, 0.05) is 32.0 Å². The second-order valence-corrected chi connectivity index (χ2v) is 9.42. The zero-order chi connectivity index (χ0) is 22.2. The third-order valence-corrected chi connectivity index (χ3v) is 7.42. The molecule has 0 unspecified atom stereocenters. The molecule has 3 aromatic heterocycles. The molecule has 0 N–H and O–H groups in total. The molecule has 4 aromatic rings. The van der Waals surface area contributed by atoms with Gasteiger partial charge in [-0.15, -0.1) is 21.5 Å². The van der Waals surface area contributed by atoms with Crippen molar-refractivity contribution in [3.05, 3.63) is 63.0 Å². The lowest BCUT2D eigenvalue weighted by molar-refractivity contribution is -0.132. The number of thiophene rings is 1. The van der Waals surface area contributed by atoms with Crippen LogP contribution in [0, 0.1) is 0 Å². The molecule has 0 fully saturated rings. The number of amides is 1. The topological polar surface area (TPSA) is 72.5 Å². The van der Waals surface area contributed by atoms with Crippen LogP contribution in [0.2, 0.25) is 0 Å². The summed E-state index contributed by atoms with van der Waals surface area (Å²) in [5.41, 5.74) is 3.45. The van der Waals surface area contributed by atoms with E-state index in [1.54, 1.807) is 4.57 Å². The van der Waals surface area contributed by atoms with E-state index in [1.165, 1.54) is 22.5 Å². The minimum Gasteiger partial charge on any atom is -0.338 e. The van der Waals surface area contributed by atoms with Crippen LogP contribution in [0.4, 0.5) is 0 Å². The second-order valence-electron chi connectivity index (χ2n) is 8.51. The molecule has 0 saturated heterocycles. The molecule has 1 aromatic carbocycles. The Bertz CT molecular complexity index is 1350. The Balaban J connectivity index is 1.35. The zero-order valence-electron chi connectivity index (χ0n) is 18.5. The van der Waals surface area contributed by atoms with Crippen LogP contribution in [0.1, 0.15) is 56.1 Å². The Kier molecular flexibility index (Phi) is 5.55. The van der Waals surface area contributed by atoms with Crippen molar-refractivity contribution in [3.8, 4) is 0 Å². The van der Waals surface area contributed by atoms with Crippen LogP contribution in [0.25, 0.3) is 16.0 Å². The highest BCUT2D eigenvalue weighted by Crippen LogP contribution is 2.23. The molecule has 0 spiro atoms. The lowest BCUT2D eigenvalue weighted by Gasteiger charge is -2.29. The standard InChI is InChI=1S/C24H27N5O2S/c1-3-16(2)28-23(31)22-19(12-14-32-22)29-20(25-26-24(28)29)9-6-10-21(30)27-13-11-17-7-4-5-8-18(17)15-27/h4-5,7-8,12,14,16H,3,6,9-11,13,15H2,1-2H3/t16-/m0/s1. The van der Waals surface area contributed by atoms with Gasteiger partial charge in [-0.05, 0) is 48.8 Å². The van der Waals surface area contributed by atoms with Crippen molar-refractivity contribution >= 4 is 33.2 Å². The average Bonchev–Trinajstić information content (AvgIpc) is 3.46. The van der Waals surface area contributed by atoms with Gasteiger partial charge < -0.3 is 4.90 Å². The first-order chi connectivity index (χ1) is 15.6. The van der Waals surface area contributed by atoms with Crippen LogP contribution >= 0.6 is 11.3 Å². The van der Waals surface area contributed by atoms with Crippen molar-refractivity contribution in [2.45, 2.75) is 58.5 Å². The summed E-state index contributed by atoms with van der Waals surface area (Å²) in [6.45, 7) is 5.57. The summed E-state index contributed by atoms with van der Waals surface area (Å²) < 4.78 is 4.48. The van der Waals surface area contributed by atoms with E-state index < -0.39 is 0 Å². The first-order valence-corrected chi connectivity index (χ1v) is 12.2. The van der Waals surface area contributed by atoms with Crippen molar-refractivity contribution in [2.24, 2.45) is 0 Å². The molecule has 0 bridgehead atoms. The first kappa shape index (κ1) is 20.9. The summed E-state index contributed by atoms with van der Waals surface area (Å²) in [6, 6.07) is 10.4. The molecule has 5 rings (SSSR count). The Morgan fingerprint density at radius 2 is 2.00 bits per heavy atom. The highest BCUT2D eigenvalue weighted by atomic mass is 32.1. The van der Waals surface area contributed by atoms with Crippen LogP contribution in [-0.4, -0.2) is 36.5 Å². The van der Waals surface area contributed by atoms with Crippen molar-refractivity contribution in [3.63, 3.8) is 0 Å². The third kappa shape index (κ3) is 3.52. The number of hydrogen-bond acceptors (Lipinski definition) is 5. The van der Waals surface area contributed by atoms with E-state index in [9.17, 15) is 9.59 Å². The van der Waals surface area contributed by atoms with E-state index in [0.29, 0.717) is 31.6 Å². The van der Waals surface area contributed by atoms with Gasteiger partial charge in [0.2, 0.25) is 11.7 Å². The largest absolute Gasteiger partial charge is 0.338 e. The highest BCUT2D eigenvalue weighted by Gasteiger charge is 2.22. The third-order valence-electron chi connectivity index (χ3n) is 6.53. The lowest BCUT2D eigenvalue weighted by atomic mass is 9.99. The maximum atomic E-state index is 13.0. The maximum Gasteiger partial charge on any atom is 0.273 e. The molecule has 7 nitrogen and oxygen atoms in total. The number of benzene rings is 1. The Morgan fingerprint density at radius 1 is 1.19 bits per heavy atom. The number of fused-ring (bicyclic) bond motifs is 4. The van der Waals surface area contributed by atoms with Gasteiger partial charge in [0.15, 0.2) is 0 Å². The minimum absolute atomic E-state index is 0.00337. The zero-order valence-corrected chi connectivity index (χ0v) is 19.3. The molecule has 0 saturated carbocycles. The fourth-order valence-electron chi connectivity index (χ4n) is 4.55. The second kappa shape index (κ2) is 8.50. The minimum atomic E-state index is -0.00337. The van der Waals surface area contributed by atoms with E-state index in [2.05, 4.69) is 35.3 Å². The molecule has 166 valence electrons. The van der Waals surface area contributed by atoms with E-state index >= 15 is 0 Å². The fourth-order valence-corrected chi connectivity index (χ4v) is 5.37. The highest BCUT2D eigenvalue weighted by molar-refractivity contribution is 7.17. The predicted molar refractivity (Wildman–Crippen MR) is 126 cm³/mol. The normalized spacial score (nSPS) is 14.8. The van der Waals surface area contributed by atoms with E-state index in [1.807, 2.05) is 33.7 Å². The molecular weight excluding hydrogens is 422 g/mol. The van der Waals surface area contributed by atoms with Gasteiger partial charge in [0.05, 0.1) is 5.52 Å². The summed E-state index contributed by atoms with van der Waals surface area (Å²) >= 11 is 1.45. The van der Waals surface area contributed by atoms with Crippen LogP contribution < -0.4 is 5.56 Å². The molecule has 1 aliphatic heterocycles. The van der Waals surface area contributed by atoms with E-state index in [4.69, 9.17) is 0 Å². The maximum absolute atomic E-state index is 13.0. The van der Waals surface area contributed by atoms with Gasteiger partial charge in [-0.25, -0.2) is 0 Å². The molecule has 4 heterocycles. The van der Waals surface area contributed by atoms with Gasteiger partial charge in [0.25, 0.3) is 5.56 Å². The van der Waals surface area contributed by atoms with Crippen LogP contribution in [0.5, 0.6) is 0 Å². The van der Waals surface area contributed by atoms with E-state index in [0.717, 1.165) is 35.4 Å². The summed E-state index contributed by atoms with van der Waals surface area (Å²) in [6.07, 6.45) is 3.57. The number of rotatable bonds is 6. The van der Waals surface area contributed by atoms with Gasteiger partial charge in [0.1, 0.15) is 10.5 Å². The molecule has 8 heteroatoms. The van der Waals surface area contributed by atoms with E-state index in [-0.39, 0.29) is 17.5 Å². The fraction of sp³-hybridized carbons (Fsp3) is 0.417. The van der Waals surface area contributed by atoms with Gasteiger partial charge in [-0.1, -0.05) is 31.2 Å². The number of hydrogen-bond donors (Lipinski definition) is 0. The molecule has 1 amide bonds. The SMILES string of the molecule is CC[C@H](C)n1c(=O)c2sccc2n2c(CCCC(=O)N3CCc4ccccc4C3)nnc12. The predicted octanol–water partition coefficient (Wildman–Crippen LogP) is 3.98. The Morgan fingerprint density at radius 3 is 2.81 bits per heavy atom. The summed E-state index contributed by atoms with van der Waals surface area (Å²) in [5, 5.41) is 10.7. The van der Waals surface area contributed by atoms with Crippen LogP contribution in [-0.2, 0) is 24.2 Å².